The molecule has 7 nitrogen and oxygen atoms in total. The van der Waals surface area contributed by atoms with Gasteiger partial charge in [-0.15, -0.1) is 0 Å². The van der Waals surface area contributed by atoms with E-state index in [1.54, 1.807) is 6.92 Å². The fourth-order valence-corrected chi connectivity index (χ4v) is 4.62. The van der Waals surface area contributed by atoms with E-state index in [9.17, 15) is 13.2 Å². The van der Waals surface area contributed by atoms with E-state index >= 15 is 0 Å². The molecule has 0 spiro atoms. The lowest BCUT2D eigenvalue weighted by Gasteiger charge is -2.35. The van der Waals surface area contributed by atoms with Crippen LogP contribution in [0.15, 0.2) is 0 Å². The van der Waals surface area contributed by atoms with Crippen molar-refractivity contribution in [3.63, 3.8) is 0 Å². The molecule has 122 valence electrons. The van der Waals surface area contributed by atoms with Gasteiger partial charge in [-0.3, -0.25) is 4.79 Å². The second kappa shape index (κ2) is 7.48. The predicted octanol–water partition coefficient (Wildman–Crippen LogP) is -0.394. The van der Waals surface area contributed by atoms with Crippen molar-refractivity contribution in [1.82, 2.24) is 9.62 Å². The highest BCUT2D eigenvalue weighted by molar-refractivity contribution is 7.92. The van der Waals surface area contributed by atoms with Gasteiger partial charge in [0, 0.05) is 12.6 Å². The number of morpholine rings is 1. The number of amides is 1. The Morgan fingerprint density at radius 3 is 2.62 bits per heavy atom. The largest absolute Gasteiger partial charge is 0.392 e. The highest BCUT2D eigenvalue weighted by Crippen LogP contribution is 2.19. The van der Waals surface area contributed by atoms with Gasteiger partial charge in [0.25, 0.3) is 0 Å². The van der Waals surface area contributed by atoms with Crippen molar-refractivity contribution in [3.05, 3.63) is 0 Å². The van der Waals surface area contributed by atoms with Crippen molar-refractivity contribution in [2.45, 2.75) is 44.5 Å². The molecule has 1 amide bonds. The predicted molar refractivity (Wildman–Crippen MR) is 84.4 cm³/mol. The first-order valence-electron chi connectivity index (χ1n) is 6.89. The molecule has 0 aromatic heterocycles. The zero-order valence-electron chi connectivity index (χ0n) is 12.5. The van der Waals surface area contributed by atoms with Crippen LogP contribution in [-0.2, 0) is 19.6 Å². The minimum atomic E-state index is -3.78. The SMILES string of the molecule is CCC(C(N)=S)S(=O)(=O)N1CCOCC1C(=O)NC(C)C. The van der Waals surface area contributed by atoms with Crippen LogP contribution in [0.1, 0.15) is 27.2 Å². The highest BCUT2D eigenvalue weighted by Gasteiger charge is 2.41. The summed E-state index contributed by atoms with van der Waals surface area (Å²) in [6.07, 6.45) is 0.271. The zero-order chi connectivity index (χ0) is 16.2. The standard InChI is InChI=1S/C12H23N3O4S2/c1-4-10(11(13)20)21(17,18)15-5-6-19-7-9(15)12(16)14-8(2)3/h8-10H,4-7H2,1-3H3,(H2,13,20)(H,14,16). The van der Waals surface area contributed by atoms with Crippen molar-refractivity contribution in [2.75, 3.05) is 19.8 Å². The van der Waals surface area contributed by atoms with E-state index in [1.165, 1.54) is 4.31 Å². The Kier molecular flexibility index (Phi) is 6.51. The van der Waals surface area contributed by atoms with Gasteiger partial charge in [0.2, 0.25) is 15.9 Å². The Hall–Kier alpha value is -0.770. The Labute approximate surface area is 131 Å². The average Bonchev–Trinajstić information content (AvgIpc) is 2.37. The van der Waals surface area contributed by atoms with Crippen LogP contribution in [0.3, 0.4) is 0 Å². The maximum absolute atomic E-state index is 12.7. The number of nitrogens with zero attached hydrogens (tertiary/aromatic N) is 1. The second-order valence-electron chi connectivity index (χ2n) is 5.21. The molecule has 0 aromatic rings. The summed E-state index contributed by atoms with van der Waals surface area (Å²) in [5.41, 5.74) is 5.54. The summed E-state index contributed by atoms with van der Waals surface area (Å²) in [4.78, 5) is 12.1. The molecule has 1 aliphatic heterocycles. The summed E-state index contributed by atoms with van der Waals surface area (Å²) in [7, 11) is -3.78. The third kappa shape index (κ3) is 4.35. The van der Waals surface area contributed by atoms with Gasteiger partial charge in [0.05, 0.1) is 18.2 Å². The van der Waals surface area contributed by atoms with Gasteiger partial charge >= 0.3 is 0 Å². The molecule has 1 saturated heterocycles. The van der Waals surface area contributed by atoms with E-state index in [0.717, 1.165) is 0 Å². The lowest BCUT2D eigenvalue weighted by Crippen LogP contribution is -2.59. The van der Waals surface area contributed by atoms with Crippen molar-refractivity contribution >= 4 is 33.1 Å². The summed E-state index contributed by atoms with van der Waals surface area (Å²) < 4.78 is 31.8. The van der Waals surface area contributed by atoms with Crippen molar-refractivity contribution < 1.29 is 17.9 Å². The molecule has 0 saturated carbocycles. The summed E-state index contributed by atoms with van der Waals surface area (Å²) in [5.74, 6) is -0.369. The van der Waals surface area contributed by atoms with Gasteiger partial charge in [-0.05, 0) is 20.3 Å². The van der Waals surface area contributed by atoms with Crippen molar-refractivity contribution in [2.24, 2.45) is 5.73 Å². The maximum atomic E-state index is 12.7. The smallest absolute Gasteiger partial charge is 0.241 e. The summed E-state index contributed by atoms with van der Waals surface area (Å²) >= 11 is 4.85. The number of hydrogen-bond donors (Lipinski definition) is 2. The fourth-order valence-electron chi connectivity index (χ4n) is 2.20. The van der Waals surface area contributed by atoms with Crippen LogP contribution in [0.5, 0.6) is 0 Å². The zero-order valence-corrected chi connectivity index (χ0v) is 14.2. The van der Waals surface area contributed by atoms with E-state index in [-0.39, 0.29) is 43.1 Å². The van der Waals surface area contributed by atoms with Crippen LogP contribution in [0.4, 0.5) is 0 Å². The lowest BCUT2D eigenvalue weighted by atomic mass is 10.2. The lowest BCUT2D eigenvalue weighted by molar-refractivity contribution is -0.129. The first-order valence-corrected chi connectivity index (χ1v) is 8.81. The average molecular weight is 337 g/mol. The first kappa shape index (κ1) is 18.3. The quantitative estimate of drug-likeness (QED) is 0.640. The van der Waals surface area contributed by atoms with E-state index in [4.69, 9.17) is 22.7 Å². The summed E-state index contributed by atoms with van der Waals surface area (Å²) in [5, 5.41) is 1.75. The van der Waals surface area contributed by atoms with Gasteiger partial charge in [0.15, 0.2) is 0 Å². The second-order valence-corrected chi connectivity index (χ2v) is 7.75. The Bertz CT molecular complexity index is 493. The van der Waals surface area contributed by atoms with Gasteiger partial charge in [-0.25, -0.2) is 8.42 Å². The van der Waals surface area contributed by atoms with Crippen LogP contribution in [0, 0.1) is 0 Å². The third-order valence-corrected chi connectivity index (χ3v) is 6.02. The van der Waals surface area contributed by atoms with Crippen LogP contribution in [0.25, 0.3) is 0 Å². The minimum Gasteiger partial charge on any atom is -0.392 e. The number of carbonyl (C=O) groups is 1. The molecule has 3 N–H and O–H groups in total. The molecule has 1 heterocycles. The van der Waals surface area contributed by atoms with Crippen LogP contribution in [-0.4, -0.2) is 60.7 Å². The van der Waals surface area contributed by atoms with E-state index < -0.39 is 21.3 Å². The molecule has 1 rings (SSSR count). The molecular formula is C12H23N3O4S2. The first-order chi connectivity index (χ1) is 9.71. The number of nitrogens with two attached hydrogens (primary N) is 1. The number of carbonyl (C=O) groups excluding carboxylic acids is 1. The number of thiocarbonyl (C=S) groups is 1. The molecule has 0 aromatic carbocycles. The van der Waals surface area contributed by atoms with Crippen LogP contribution >= 0.6 is 12.2 Å². The van der Waals surface area contributed by atoms with Gasteiger partial charge in [-0.1, -0.05) is 19.1 Å². The van der Waals surface area contributed by atoms with Gasteiger partial charge in [0.1, 0.15) is 11.3 Å². The number of hydrogen-bond acceptors (Lipinski definition) is 5. The molecule has 0 radical (unpaired) electrons. The molecule has 9 heteroatoms. The molecular weight excluding hydrogens is 314 g/mol. The molecule has 0 aliphatic carbocycles. The Morgan fingerprint density at radius 2 is 2.14 bits per heavy atom. The molecule has 1 aliphatic rings. The van der Waals surface area contributed by atoms with Gasteiger partial charge < -0.3 is 15.8 Å². The number of ether oxygens (including phenoxy) is 1. The van der Waals surface area contributed by atoms with E-state index in [1.807, 2.05) is 13.8 Å². The van der Waals surface area contributed by atoms with Crippen molar-refractivity contribution in [3.8, 4) is 0 Å². The van der Waals surface area contributed by atoms with E-state index in [2.05, 4.69) is 5.32 Å². The Balaban J connectivity index is 3.05. The monoisotopic (exact) mass is 337 g/mol. The summed E-state index contributed by atoms with van der Waals surface area (Å²) in [6.45, 7) is 5.72. The topological polar surface area (TPSA) is 102 Å². The minimum absolute atomic E-state index is 0.0333. The normalized spacial score (nSPS) is 22.0. The molecule has 21 heavy (non-hydrogen) atoms. The number of sulfonamides is 1. The highest BCUT2D eigenvalue weighted by atomic mass is 32.2. The maximum Gasteiger partial charge on any atom is 0.241 e. The number of nitrogens with one attached hydrogen (secondary N) is 1. The van der Waals surface area contributed by atoms with Crippen molar-refractivity contribution in [1.29, 1.82) is 0 Å². The summed E-state index contributed by atoms with van der Waals surface area (Å²) in [6, 6.07) is -0.962. The van der Waals surface area contributed by atoms with Gasteiger partial charge in [-0.2, -0.15) is 4.31 Å². The van der Waals surface area contributed by atoms with E-state index in [0.29, 0.717) is 0 Å². The molecule has 1 fully saturated rings. The fraction of sp³-hybridized carbons (Fsp3) is 0.833. The molecule has 2 unspecified atom stereocenters. The van der Waals surface area contributed by atoms with Crippen LogP contribution in [0.2, 0.25) is 0 Å². The number of rotatable bonds is 6. The molecule has 0 bridgehead atoms. The third-order valence-electron chi connectivity index (χ3n) is 3.19. The Morgan fingerprint density at radius 1 is 1.52 bits per heavy atom. The van der Waals surface area contributed by atoms with Crippen LogP contribution < -0.4 is 11.1 Å². The molecule has 2 atom stereocenters.